The smallest absolute Gasteiger partial charge is 0.277 e. The predicted molar refractivity (Wildman–Crippen MR) is 111 cm³/mol. The normalized spacial score (nSPS) is 10.8. The van der Waals surface area contributed by atoms with Crippen LogP contribution >= 0.6 is 0 Å². The molecule has 0 aliphatic heterocycles. The molecule has 154 valence electrons. The molecule has 2 rings (SSSR count). The highest BCUT2D eigenvalue weighted by Gasteiger charge is 2.10. The highest BCUT2D eigenvalue weighted by Crippen LogP contribution is 2.29. The summed E-state index contributed by atoms with van der Waals surface area (Å²) in [4.78, 5) is 24.1. The van der Waals surface area contributed by atoms with E-state index in [1.54, 1.807) is 38.3 Å². The number of ether oxygens (including phenoxy) is 3. The second kappa shape index (κ2) is 10.7. The molecule has 0 aliphatic carbocycles. The fourth-order valence-electron chi connectivity index (χ4n) is 2.42. The molecule has 0 saturated carbocycles. The second-order valence-corrected chi connectivity index (χ2v) is 6.23. The maximum atomic E-state index is 12.2. The molecule has 0 unspecified atom stereocenters. The van der Waals surface area contributed by atoms with Crippen LogP contribution in [0.1, 0.15) is 18.9 Å². The first-order valence-electron chi connectivity index (χ1n) is 8.95. The molecular formula is C21H25N3O5. The van der Waals surface area contributed by atoms with E-state index in [1.165, 1.54) is 7.11 Å². The van der Waals surface area contributed by atoms with Crippen molar-refractivity contribution in [3.63, 3.8) is 0 Å². The first kappa shape index (κ1) is 21.7. The summed E-state index contributed by atoms with van der Waals surface area (Å²) < 4.78 is 15.8. The number of nitrogens with zero attached hydrogens (tertiary/aromatic N) is 1. The quantitative estimate of drug-likeness (QED) is 0.499. The van der Waals surface area contributed by atoms with Crippen molar-refractivity contribution >= 4 is 23.2 Å². The van der Waals surface area contributed by atoms with Gasteiger partial charge in [-0.05, 0) is 37.6 Å². The minimum atomic E-state index is -0.412. The average Bonchev–Trinajstić information content (AvgIpc) is 2.71. The van der Waals surface area contributed by atoms with Gasteiger partial charge in [-0.1, -0.05) is 18.2 Å². The monoisotopic (exact) mass is 399 g/mol. The lowest BCUT2D eigenvalue weighted by Gasteiger charge is -2.11. The maximum absolute atomic E-state index is 12.2. The first-order chi connectivity index (χ1) is 13.9. The largest absolute Gasteiger partial charge is 0.497 e. The van der Waals surface area contributed by atoms with E-state index in [1.807, 2.05) is 25.1 Å². The third-order valence-corrected chi connectivity index (χ3v) is 3.92. The molecule has 0 bridgehead atoms. The number of nitrogens with one attached hydrogen (secondary N) is 2. The van der Waals surface area contributed by atoms with Gasteiger partial charge in [-0.25, -0.2) is 5.43 Å². The van der Waals surface area contributed by atoms with Crippen molar-refractivity contribution in [3.8, 4) is 17.2 Å². The number of hydrazone groups is 1. The number of hydrogen-bond acceptors (Lipinski definition) is 6. The number of rotatable bonds is 9. The number of methoxy groups -OCH3 is 2. The minimum Gasteiger partial charge on any atom is -0.497 e. The fraction of sp³-hybridized carbons (Fsp3) is 0.286. The van der Waals surface area contributed by atoms with Gasteiger partial charge in [0.2, 0.25) is 5.91 Å². The van der Waals surface area contributed by atoms with Crippen molar-refractivity contribution < 1.29 is 23.8 Å². The van der Waals surface area contributed by atoms with Crippen LogP contribution in [-0.2, 0) is 9.59 Å². The third kappa shape index (κ3) is 6.84. The van der Waals surface area contributed by atoms with Gasteiger partial charge in [0.1, 0.15) is 17.2 Å². The summed E-state index contributed by atoms with van der Waals surface area (Å²) in [6.07, 6.45) is 0.00805. The zero-order chi connectivity index (χ0) is 21.2. The van der Waals surface area contributed by atoms with Gasteiger partial charge in [0.15, 0.2) is 6.61 Å². The number of anilines is 1. The Morgan fingerprint density at radius 1 is 1.00 bits per heavy atom. The number of carbonyl (C=O) groups excluding carboxylic acids is 2. The SMILES string of the molecule is COc1ccc(NC(=O)C/C(C)=N/NC(=O)COc2ccccc2C)c(OC)c1. The van der Waals surface area contributed by atoms with Crippen LogP contribution < -0.4 is 25.0 Å². The van der Waals surface area contributed by atoms with Gasteiger partial charge in [-0.3, -0.25) is 9.59 Å². The Bertz CT molecular complexity index is 896. The topological polar surface area (TPSA) is 98.2 Å². The molecular weight excluding hydrogens is 374 g/mol. The van der Waals surface area contributed by atoms with E-state index >= 15 is 0 Å². The van der Waals surface area contributed by atoms with Gasteiger partial charge in [-0.2, -0.15) is 5.10 Å². The van der Waals surface area contributed by atoms with E-state index in [4.69, 9.17) is 14.2 Å². The zero-order valence-corrected chi connectivity index (χ0v) is 16.9. The molecule has 0 atom stereocenters. The summed E-state index contributed by atoms with van der Waals surface area (Å²) in [5, 5.41) is 6.68. The van der Waals surface area contributed by atoms with Crippen molar-refractivity contribution in [2.75, 3.05) is 26.1 Å². The lowest BCUT2D eigenvalue weighted by molar-refractivity contribution is -0.123. The summed E-state index contributed by atoms with van der Waals surface area (Å²) in [5.41, 5.74) is 4.28. The van der Waals surface area contributed by atoms with Crippen LogP contribution in [0.15, 0.2) is 47.6 Å². The number of benzene rings is 2. The van der Waals surface area contributed by atoms with E-state index in [2.05, 4.69) is 15.8 Å². The van der Waals surface area contributed by atoms with Crippen molar-refractivity contribution in [1.29, 1.82) is 0 Å². The van der Waals surface area contributed by atoms with Gasteiger partial charge in [0.05, 0.1) is 26.3 Å². The molecule has 8 nitrogen and oxygen atoms in total. The lowest BCUT2D eigenvalue weighted by Crippen LogP contribution is -2.26. The fourth-order valence-corrected chi connectivity index (χ4v) is 2.42. The number of amides is 2. The second-order valence-electron chi connectivity index (χ2n) is 6.23. The van der Waals surface area contributed by atoms with Crippen LogP contribution in [0.25, 0.3) is 0 Å². The third-order valence-electron chi connectivity index (χ3n) is 3.92. The molecule has 0 aliphatic rings. The van der Waals surface area contributed by atoms with E-state index in [-0.39, 0.29) is 18.9 Å². The van der Waals surface area contributed by atoms with Crippen LogP contribution in [-0.4, -0.2) is 38.4 Å². The minimum absolute atomic E-state index is 0.00805. The van der Waals surface area contributed by atoms with E-state index in [9.17, 15) is 9.59 Å². The maximum Gasteiger partial charge on any atom is 0.277 e. The summed E-state index contributed by atoms with van der Waals surface area (Å²) in [7, 11) is 3.05. The molecule has 0 saturated heterocycles. The summed E-state index contributed by atoms with van der Waals surface area (Å²) >= 11 is 0. The Morgan fingerprint density at radius 3 is 2.45 bits per heavy atom. The molecule has 2 N–H and O–H groups in total. The Morgan fingerprint density at radius 2 is 1.76 bits per heavy atom. The van der Waals surface area contributed by atoms with E-state index < -0.39 is 5.91 Å². The van der Waals surface area contributed by atoms with Gasteiger partial charge in [0, 0.05) is 11.8 Å². The predicted octanol–water partition coefficient (Wildman–Crippen LogP) is 2.91. The molecule has 0 heterocycles. The Hall–Kier alpha value is -3.55. The highest BCUT2D eigenvalue weighted by atomic mass is 16.5. The zero-order valence-electron chi connectivity index (χ0n) is 16.9. The van der Waals surface area contributed by atoms with Crippen molar-refractivity contribution in [2.45, 2.75) is 20.3 Å². The van der Waals surface area contributed by atoms with Crippen LogP contribution in [0, 0.1) is 6.92 Å². The number of para-hydroxylation sites is 1. The van der Waals surface area contributed by atoms with Crippen LogP contribution in [0.4, 0.5) is 5.69 Å². The van der Waals surface area contributed by atoms with Crippen molar-refractivity contribution in [3.05, 3.63) is 48.0 Å². The van der Waals surface area contributed by atoms with Gasteiger partial charge in [0.25, 0.3) is 5.91 Å². The van der Waals surface area contributed by atoms with Crippen LogP contribution in [0.3, 0.4) is 0 Å². The molecule has 0 radical (unpaired) electrons. The van der Waals surface area contributed by atoms with Gasteiger partial charge < -0.3 is 19.5 Å². The molecule has 2 aromatic carbocycles. The van der Waals surface area contributed by atoms with Gasteiger partial charge in [-0.15, -0.1) is 0 Å². The highest BCUT2D eigenvalue weighted by molar-refractivity contribution is 6.06. The van der Waals surface area contributed by atoms with Gasteiger partial charge >= 0.3 is 0 Å². The molecule has 2 aromatic rings. The van der Waals surface area contributed by atoms with Crippen molar-refractivity contribution in [1.82, 2.24) is 5.43 Å². The lowest BCUT2D eigenvalue weighted by atomic mass is 10.2. The summed E-state index contributed by atoms with van der Waals surface area (Å²) in [6.45, 7) is 3.37. The van der Waals surface area contributed by atoms with Crippen LogP contribution in [0.5, 0.6) is 17.2 Å². The number of aryl methyl sites for hydroxylation is 1. The molecule has 2 amide bonds. The van der Waals surface area contributed by atoms with Crippen molar-refractivity contribution in [2.24, 2.45) is 5.10 Å². The van der Waals surface area contributed by atoms with E-state index in [0.717, 1.165) is 5.56 Å². The van der Waals surface area contributed by atoms with Crippen LogP contribution in [0.2, 0.25) is 0 Å². The molecule has 0 fully saturated rings. The molecule has 0 spiro atoms. The Kier molecular flexibility index (Phi) is 8.02. The molecule has 8 heteroatoms. The summed E-state index contributed by atoms with van der Waals surface area (Å²) in [6, 6.07) is 12.5. The standard InChI is InChI=1S/C21H25N3O5/c1-14-7-5-6-8-18(14)29-13-21(26)24-23-15(2)11-20(25)22-17-10-9-16(27-3)12-19(17)28-4/h5-10,12H,11,13H2,1-4H3,(H,22,25)(H,24,26)/b23-15+. The average molecular weight is 399 g/mol. The molecule has 0 aromatic heterocycles. The molecule has 29 heavy (non-hydrogen) atoms. The number of carbonyl (C=O) groups is 2. The summed E-state index contributed by atoms with van der Waals surface area (Å²) in [5.74, 6) is 1.03. The Labute approximate surface area is 169 Å². The first-order valence-corrected chi connectivity index (χ1v) is 8.95. The Balaban J connectivity index is 1.83. The van der Waals surface area contributed by atoms with E-state index in [0.29, 0.717) is 28.6 Å². The number of hydrogen-bond donors (Lipinski definition) is 2.